The van der Waals surface area contributed by atoms with E-state index in [1.54, 1.807) is 7.11 Å². The van der Waals surface area contributed by atoms with Gasteiger partial charge in [0.05, 0.1) is 18.9 Å². The summed E-state index contributed by atoms with van der Waals surface area (Å²) in [4.78, 5) is 17.1. The molecule has 1 amide bonds. The van der Waals surface area contributed by atoms with Gasteiger partial charge in [-0.2, -0.15) is 0 Å². The van der Waals surface area contributed by atoms with Gasteiger partial charge in [0.1, 0.15) is 11.3 Å². The molecule has 1 heterocycles. The summed E-state index contributed by atoms with van der Waals surface area (Å²) in [6.07, 6.45) is 0. The Bertz CT molecular complexity index is 1060. The number of carbonyl (C=O) groups is 1. The molecule has 0 unspecified atom stereocenters. The van der Waals surface area contributed by atoms with Crippen LogP contribution in [0.2, 0.25) is 0 Å². The van der Waals surface area contributed by atoms with Crippen molar-refractivity contribution in [3.8, 4) is 5.75 Å². The second kappa shape index (κ2) is 8.84. The molecular formula is C23H20N2O3S. The van der Waals surface area contributed by atoms with Gasteiger partial charge in [-0.3, -0.25) is 4.79 Å². The van der Waals surface area contributed by atoms with Crippen molar-refractivity contribution in [2.75, 3.05) is 12.9 Å². The molecule has 4 rings (SSSR count). The lowest BCUT2D eigenvalue weighted by Gasteiger charge is -2.20. The number of nitrogens with one attached hydrogen (secondary N) is 1. The fourth-order valence-electron chi connectivity index (χ4n) is 3.04. The number of fused-ring (bicyclic) bond motifs is 1. The third kappa shape index (κ3) is 4.60. The van der Waals surface area contributed by atoms with E-state index < -0.39 is 0 Å². The molecule has 1 N–H and O–H groups in total. The first-order valence-corrected chi connectivity index (χ1v) is 10.2. The van der Waals surface area contributed by atoms with Gasteiger partial charge in [-0.25, -0.2) is 4.98 Å². The SMILES string of the molecule is COc1ccc([C@H](NC(=O)CSc2nc3ccccc3o2)c2ccccc2)cc1. The highest BCUT2D eigenvalue weighted by molar-refractivity contribution is 7.99. The van der Waals surface area contributed by atoms with E-state index in [4.69, 9.17) is 9.15 Å². The summed E-state index contributed by atoms with van der Waals surface area (Å²) in [7, 11) is 1.63. The Kier molecular flexibility index (Phi) is 5.81. The van der Waals surface area contributed by atoms with Crippen LogP contribution >= 0.6 is 11.8 Å². The van der Waals surface area contributed by atoms with E-state index in [0.717, 1.165) is 28.0 Å². The molecule has 6 heteroatoms. The highest BCUT2D eigenvalue weighted by Crippen LogP contribution is 2.26. The Morgan fingerprint density at radius 2 is 1.69 bits per heavy atom. The van der Waals surface area contributed by atoms with Crippen molar-refractivity contribution >= 4 is 28.8 Å². The Labute approximate surface area is 173 Å². The predicted molar refractivity (Wildman–Crippen MR) is 114 cm³/mol. The molecule has 0 bridgehead atoms. The molecule has 0 saturated heterocycles. The minimum absolute atomic E-state index is 0.0954. The van der Waals surface area contributed by atoms with Gasteiger partial charge in [-0.15, -0.1) is 0 Å². The topological polar surface area (TPSA) is 64.4 Å². The van der Waals surface area contributed by atoms with E-state index in [1.807, 2.05) is 78.9 Å². The quantitative estimate of drug-likeness (QED) is 0.447. The molecule has 0 fully saturated rings. The molecule has 0 spiro atoms. The number of oxazole rings is 1. The zero-order chi connectivity index (χ0) is 20.1. The van der Waals surface area contributed by atoms with Crippen molar-refractivity contribution in [2.24, 2.45) is 0 Å². The fourth-order valence-corrected chi connectivity index (χ4v) is 3.69. The predicted octanol–water partition coefficient (Wildman–Crippen LogP) is 4.83. The van der Waals surface area contributed by atoms with Gasteiger partial charge in [0.25, 0.3) is 5.22 Å². The minimum Gasteiger partial charge on any atom is -0.497 e. The summed E-state index contributed by atoms with van der Waals surface area (Å²) < 4.78 is 10.9. The molecule has 0 aliphatic heterocycles. The van der Waals surface area contributed by atoms with Crippen LogP contribution in [0.1, 0.15) is 17.2 Å². The zero-order valence-corrected chi connectivity index (χ0v) is 16.7. The number of carbonyl (C=O) groups excluding carboxylic acids is 1. The first kappa shape index (κ1) is 19.1. The second-order valence-electron chi connectivity index (χ2n) is 6.42. The van der Waals surface area contributed by atoms with Gasteiger partial charge in [-0.05, 0) is 35.4 Å². The van der Waals surface area contributed by atoms with Crippen molar-refractivity contribution in [1.82, 2.24) is 10.3 Å². The number of methoxy groups -OCH3 is 1. The second-order valence-corrected chi connectivity index (χ2v) is 7.35. The molecule has 4 aromatic rings. The average molecular weight is 404 g/mol. The van der Waals surface area contributed by atoms with E-state index in [9.17, 15) is 4.79 Å². The van der Waals surface area contributed by atoms with Crippen LogP contribution in [0.25, 0.3) is 11.1 Å². The van der Waals surface area contributed by atoms with Gasteiger partial charge in [0, 0.05) is 0 Å². The van der Waals surface area contributed by atoms with Crippen LogP contribution in [0.4, 0.5) is 0 Å². The summed E-state index contributed by atoms with van der Waals surface area (Å²) in [6.45, 7) is 0. The molecule has 29 heavy (non-hydrogen) atoms. The number of para-hydroxylation sites is 2. The maximum Gasteiger partial charge on any atom is 0.257 e. The number of rotatable bonds is 7. The Morgan fingerprint density at radius 3 is 2.41 bits per heavy atom. The molecule has 5 nitrogen and oxygen atoms in total. The number of hydrogen-bond acceptors (Lipinski definition) is 5. The molecule has 0 aliphatic rings. The number of amides is 1. The molecular weight excluding hydrogens is 384 g/mol. The summed E-state index contributed by atoms with van der Waals surface area (Å²) in [5, 5.41) is 3.61. The standard InChI is InChI=1S/C23H20N2O3S/c1-27-18-13-11-17(12-14-18)22(16-7-3-2-4-8-16)25-21(26)15-29-23-24-19-9-5-6-10-20(19)28-23/h2-14,22H,15H2,1H3,(H,25,26)/t22-/m1/s1. The molecule has 1 aromatic heterocycles. The molecule has 0 saturated carbocycles. The van der Waals surface area contributed by atoms with Crippen LogP contribution in [0.15, 0.2) is 88.5 Å². The summed E-state index contributed by atoms with van der Waals surface area (Å²) in [5.41, 5.74) is 3.50. The van der Waals surface area contributed by atoms with Crippen molar-refractivity contribution in [2.45, 2.75) is 11.3 Å². The number of aromatic nitrogens is 1. The molecule has 3 aromatic carbocycles. The van der Waals surface area contributed by atoms with E-state index >= 15 is 0 Å². The van der Waals surface area contributed by atoms with E-state index in [1.165, 1.54) is 11.8 Å². The van der Waals surface area contributed by atoms with Crippen molar-refractivity contribution < 1.29 is 13.9 Å². The number of benzene rings is 3. The van der Waals surface area contributed by atoms with Crippen LogP contribution in [0.5, 0.6) is 5.75 Å². The largest absolute Gasteiger partial charge is 0.497 e. The smallest absolute Gasteiger partial charge is 0.257 e. The highest BCUT2D eigenvalue weighted by Gasteiger charge is 2.18. The van der Waals surface area contributed by atoms with Crippen LogP contribution < -0.4 is 10.1 Å². The van der Waals surface area contributed by atoms with Crippen LogP contribution in [0, 0.1) is 0 Å². The van der Waals surface area contributed by atoms with Crippen molar-refractivity contribution in [3.05, 3.63) is 90.0 Å². The zero-order valence-electron chi connectivity index (χ0n) is 15.9. The number of ether oxygens (including phenoxy) is 1. The number of nitrogens with zero attached hydrogens (tertiary/aromatic N) is 1. The maximum atomic E-state index is 12.7. The Hall–Kier alpha value is -3.25. The van der Waals surface area contributed by atoms with Crippen LogP contribution in [-0.2, 0) is 4.79 Å². The molecule has 1 atom stereocenters. The third-order valence-electron chi connectivity index (χ3n) is 4.49. The van der Waals surface area contributed by atoms with Gasteiger partial charge in [0.15, 0.2) is 5.58 Å². The van der Waals surface area contributed by atoms with Crippen LogP contribution in [0.3, 0.4) is 0 Å². The lowest BCUT2D eigenvalue weighted by Crippen LogP contribution is -2.30. The summed E-state index contributed by atoms with van der Waals surface area (Å²) in [6, 6.07) is 24.9. The molecule has 0 aliphatic carbocycles. The molecule has 146 valence electrons. The van der Waals surface area contributed by atoms with E-state index in [0.29, 0.717) is 5.22 Å². The molecule has 0 radical (unpaired) electrons. The maximum absolute atomic E-state index is 12.7. The summed E-state index contributed by atoms with van der Waals surface area (Å²) in [5.74, 6) is 0.895. The first-order chi connectivity index (χ1) is 14.2. The lowest BCUT2D eigenvalue weighted by molar-refractivity contribution is -0.119. The highest BCUT2D eigenvalue weighted by atomic mass is 32.2. The monoisotopic (exact) mass is 404 g/mol. The number of thioether (sulfide) groups is 1. The minimum atomic E-state index is -0.251. The van der Waals surface area contributed by atoms with Gasteiger partial charge in [-0.1, -0.05) is 66.4 Å². The van der Waals surface area contributed by atoms with Gasteiger partial charge >= 0.3 is 0 Å². The number of hydrogen-bond donors (Lipinski definition) is 1. The Balaban J connectivity index is 1.48. The van der Waals surface area contributed by atoms with Crippen molar-refractivity contribution in [3.63, 3.8) is 0 Å². The first-order valence-electron chi connectivity index (χ1n) is 9.19. The average Bonchev–Trinajstić information content (AvgIpc) is 3.20. The summed E-state index contributed by atoms with van der Waals surface area (Å²) >= 11 is 1.28. The third-order valence-corrected chi connectivity index (χ3v) is 5.32. The van der Waals surface area contributed by atoms with E-state index in [-0.39, 0.29) is 17.7 Å². The Morgan fingerprint density at radius 1 is 1.00 bits per heavy atom. The fraction of sp³-hybridized carbons (Fsp3) is 0.130. The normalized spacial score (nSPS) is 11.9. The van der Waals surface area contributed by atoms with Crippen molar-refractivity contribution in [1.29, 1.82) is 0 Å². The van der Waals surface area contributed by atoms with Crippen LogP contribution in [-0.4, -0.2) is 23.8 Å². The van der Waals surface area contributed by atoms with Gasteiger partial charge < -0.3 is 14.5 Å². The van der Waals surface area contributed by atoms with E-state index in [2.05, 4.69) is 10.3 Å². The van der Waals surface area contributed by atoms with Gasteiger partial charge in [0.2, 0.25) is 5.91 Å². The lowest BCUT2D eigenvalue weighted by atomic mass is 9.98.